The van der Waals surface area contributed by atoms with Crippen molar-refractivity contribution in [3.63, 3.8) is 0 Å². The van der Waals surface area contributed by atoms with Crippen LogP contribution in [0.3, 0.4) is 0 Å². The van der Waals surface area contributed by atoms with Crippen molar-refractivity contribution in [1.82, 2.24) is 15.1 Å². The van der Waals surface area contributed by atoms with Crippen LogP contribution in [0.2, 0.25) is 0 Å². The topological polar surface area (TPSA) is 125 Å². The van der Waals surface area contributed by atoms with Gasteiger partial charge in [-0.25, -0.2) is 4.68 Å². The number of hydrogen-bond acceptors (Lipinski definition) is 5. The average Bonchev–Trinajstić information content (AvgIpc) is 3.15. The van der Waals surface area contributed by atoms with Gasteiger partial charge < -0.3 is 21.5 Å². The Morgan fingerprint density at radius 2 is 1.91 bits per heavy atom. The third kappa shape index (κ3) is 4.61. The van der Waals surface area contributed by atoms with Crippen LogP contribution in [-0.4, -0.2) is 34.8 Å². The van der Waals surface area contributed by atoms with Gasteiger partial charge in [0.15, 0.2) is 0 Å². The second kappa shape index (κ2) is 9.46. The van der Waals surface area contributed by atoms with Crippen molar-refractivity contribution in [2.24, 2.45) is 11.7 Å². The highest BCUT2D eigenvalue weighted by Gasteiger charge is 2.30. The van der Waals surface area contributed by atoms with Crippen molar-refractivity contribution in [3.8, 4) is 11.3 Å². The van der Waals surface area contributed by atoms with E-state index in [1.54, 1.807) is 10.7 Å². The normalized spacial score (nSPS) is 18.1. The Morgan fingerprint density at radius 1 is 1.18 bits per heavy atom. The highest BCUT2D eigenvalue weighted by molar-refractivity contribution is 6.03. The van der Waals surface area contributed by atoms with E-state index in [0.717, 1.165) is 23.1 Å². The Morgan fingerprint density at radius 3 is 2.58 bits per heavy atom. The number of anilines is 1. The minimum atomic E-state index is -0.608. The van der Waals surface area contributed by atoms with E-state index in [4.69, 9.17) is 21.3 Å². The zero-order valence-electron chi connectivity index (χ0n) is 18.9. The van der Waals surface area contributed by atoms with Crippen LogP contribution in [0.5, 0.6) is 0 Å². The number of nitrogens with one attached hydrogen (secondary N) is 1. The molecule has 0 spiro atoms. The van der Waals surface area contributed by atoms with E-state index in [1.165, 1.54) is 0 Å². The summed E-state index contributed by atoms with van der Waals surface area (Å²) in [5.41, 5.74) is 15.9. The predicted molar refractivity (Wildman–Crippen MR) is 127 cm³/mol. The highest BCUT2D eigenvalue weighted by Crippen LogP contribution is 2.34. The van der Waals surface area contributed by atoms with E-state index in [0.29, 0.717) is 31.0 Å². The van der Waals surface area contributed by atoms with Crippen molar-refractivity contribution in [3.05, 3.63) is 70.8 Å². The molecule has 1 saturated heterocycles. The molecule has 4 rings (SSSR count). The number of ether oxygens (including phenoxy) is 1. The second-order valence-electron chi connectivity index (χ2n) is 8.52. The smallest absolute Gasteiger partial charge is 0.254 e. The van der Waals surface area contributed by atoms with Crippen LogP contribution in [0, 0.1) is 12.8 Å². The fourth-order valence-corrected chi connectivity index (χ4v) is 4.26. The molecule has 3 aromatic rings. The molecule has 2 amide bonds. The molecule has 1 aliphatic heterocycles. The summed E-state index contributed by atoms with van der Waals surface area (Å²) in [6.07, 6.45) is 0.768. The Labute approximate surface area is 192 Å². The van der Waals surface area contributed by atoms with Crippen LogP contribution in [0.4, 0.5) is 5.82 Å². The third-order valence-corrected chi connectivity index (χ3v) is 6.17. The maximum absolute atomic E-state index is 12.5. The van der Waals surface area contributed by atoms with Gasteiger partial charge in [0.25, 0.3) is 11.8 Å². The number of aryl methyl sites for hydroxylation is 1. The van der Waals surface area contributed by atoms with Crippen molar-refractivity contribution in [2.75, 3.05) is 18.9 Å². The van der Waals surface area contributed by atoms with Crippen molar-refractivity contribution < 1.29 is 14.3 Å². The Hall–Kier alpha value is -3.65. The summed E-state index contributed by atoms with van der Waals surface area (Å²) in [6.45, 7) is 5.61. The highest BCUT2D eigenvalue weighted by atomic mass is 16.5. The summed E-state index contributed by atoms with van der Waals surface area (Å²) in [6, 6.07) is 15.0. The molecule has 2 heterocycles. The van der Waals surface area contributed by atoms with Crippen molar-refractivity contribution in [1.29, 1.82) is 0 Å². The second-order valence-corrected chi connectivity index (χ2v) is 8.52. The summed E-state index contributed by atoms with van der Waals surface area (Å²) in [5, 5.41) is 7.64. The summed E-state index contributed by atoms with van der Waals surface area (Å²) in [5.74, 6) is -0.229. The fraction of sp³-hybridized carbons (Fsp3) is 0.320. The molecule has 2 aromatic carbocycles. The summed E-state index contributed by atoms with van der Waals surface area (Å²) in [7, 11) is 0. The zero-order valence-corrected chi connectivity index (χ0v) is 18.9. The molecule has 2 atom stereocenters. The standard InChI is InChI=1S/C25H29N5O3/c1-15-5-3-4-6-19(15)25(32)28-13-17-7-9-18(10-8-17)22-21(24(27)31)23(26)30(29-22)20-11-12-33-14-16(20)2/h3-10,16,20H,11-14,26H2,1-2H3,(H2,27,31)(H,28,32). The van der Waals surface area contributed by atoms with Gasteiger partial charge >= 0.3 is 0 Å². The lowest BCUT2D eigenvalue weighted by Crippen LogP contribution is -2.29. The van der Waals surface area contributed by atoms with Gasteiger partial charge in [0.05, 0.1) is 12.6 Å². The number of nitrogens with zero attached hydrogens (tertiary/aromatic N) is 2. The minimum absolute atomic E-state index is 0.0431. The molecule has 172 valence electrons. The quantitative estimate of drug-likeness (QED) is 0.535. The van der Waals surface area contributed by atoms with Crippen LogP contribution in [0.25, 0.3) is 11.3 Å². The largest absolute Gasteiger partial charge is 0.383 e. The van der Waals surface area contributed by atoms with E-state index in [9.17, 15) is 9.59 Å². The number of nitrogen functional groups attached to an aromatic ring is 1. The zero-order chi connectivity index (χ0) is 23.5. The molecule has 0 radical (unpaired) electrons. The molecule has 5 N–H and O–H groups in total. The van der Waals surface area contributed by atoms with E-state index < -0.39 is 5.91 Å². The molecule has 2 unspecified atom stereocenters. The molecular formula is C25H29N5O3. The number of hydrogen-bond donors (Lipinski definition) is 3. The number of rotatable bonds is 6. The van der Waals surface area contributed by atoms with Crippen LogP contribution < -0.4 is 16.8 Å². The summed E-state index contributed by atoms with van der Waals surface area (Å²) < 4.78 is 7.25. The number of primary amides is 1. The first kappa shape index (κ1) is 22.5. The van der Waals surface area contributed by atoms with Crippen LogP contribution in [-0.2, 0) is 11.3 Å². The van der Waals surface area contributed by atoms with Crippen LogP contribution in [0.15, 0.2) is 48.5 Å². The van der Waals surface area contributed by atoms with Crippen LogP contribution >= 0.6 is 0 Å². The van der Waals surface area contributed by atoms with E-state index in [2.05, 4.69) is 12.2 Å². The van der Waals surface area contributed by atoms with Gasteiger partial charge in [-0.1, -0.05) is 49.4 Å². The first-order valence-electron chi connectivity index (χ1n) is 11.1. The van der Waals surface area contributed by atoms with Gasteiger partial charge in [-0.2, -0.15) is 5.10 Å². The number of carbonyl (C=O) groups is 2. The molecule has 0 aliphatic carbocycles. The predicted octanol–water partition coefficient (Wildman–Crippen LogP) is 3.07. The Balaban J connectivity index is 1.55. The van der Waals surface area contributed by atoms with E-state index >= 15 is 0 Å². The first-order valence-corrected chi connectivity index (χ1v) is 11.1. The van der Waals surface area contributed by atoms with Gasteiger partial charge in [-0.3, -0.25) is 9.59 Å². The van der Waals surface area contributed by atoms with Gasteiger partial charge in [0, 0.05) is 30.2 Å². The fourth-order valence-electron chi connectivity index (χ4n) is 4.26. The summed E-state index contributed by atoms with van der Waals surface area (Å²) >= 11 is 0. The van der Waals surface area contributed by atoms with Crippen LogP contribution in [0.1, 0.15) is 51.2 Å². The third-order valence-electron chi connectivity index (χ3n) is 6.17. The van der Waals surface area contributed by atoms with E-state index in [-0.39, 0.29) is 29.2 Å². The van der Waals surface area contributed by atoms with E-state index in [1.807, 2.05) is 49.4 Å². The monoisotopic (exact) mass is 447 g/mol. The number of amides is 2. The van der Waals surface area contributed by atoms with Gasteiger partial charge in [0.1, 0.15) is 17.1 Å². The molecule has 0 bridgehead atoms. The number of nitrogens with two attached hydrogens (primary N) is 2. The lowest BCUT2D eigenvalue weighted by Gasteiger charge is -2.29. The molecule has 1 aliphatic rings. The molecule has 0 saturated carbocycles. The number of benzene rings is 2. The van der Waals surface area contributed by atoms with Gasteiger partial charge in [-0.15, -0.1) is 0 Å². The lowest BCUT2D eigenvalue weighted by atomic mass is 9.98. The molecule has 1 aromatic heterocycles. The molecular weight excluding hydrogens is 418 g/mol. The van der Waals surface area contributed by atoms with Gasteiger partial charge in [-0.05, 0) is 30.5 Å². The SMILES string of the molecule is Cc1ccccc1C(=O)NCc1ccc(-c2nn(C3CCOCC3C)c(N)c2C(N)=O)cc1. The average molecular weight is 448 g/mol. The van der Waals surface area contributed by atoms with Crippen molar-refractivity contribution in [2.45, 2.75) is 32.9 Å². The Kier molecular flexibility index (Phi) is 6.46. The minimum Gasteiger partial charge on any atom is -0.383 e. The maximum Gasteiger partial charge on any atom is 0.254 e. The molecule has 8 heteroatoms. The molecule has 33 heavy (non-hydrogen) atoms. The number of carbonyl (C=O) groups excluding carboxylic acids is 2. The number of aromatic nitrogens is 2. The van der Waals surface area contributed by atoms with Gasteiger partial charge in [0.2, 0.25) is 0 Å². The van der Waals surface area contributed by atoms with Crippen molar-refractivity contribution >= 4 is 17.6 Å². The summed E-state index contributed by atoms with van der Waals surface area (Å²) in [4.78, 5) is 24.7. The molecule has 1 fully saturated rings. The maximum atomic E-state index is 12.5. The Bertz CT molecular complexity index is 1170. The first-order chi connectivity index (χ1) is 15.9. The molecule has 8 nitrogen and oxygen atoms in total. The lowest BCUT2D eigenvalue weighted by molar-refractivity contribution is 0.0258.